The molecule has 0 amide bonds. The number of hydrogen-bond donors (Lipinski definition) is 0. The Labute approximate surface area is 162 Å². The number of rotatable bonds is 5. The van der Waals surface area contributed by atoms with E-state index in [0.717, 1.165) is 29.0 Å². The summed E-state index contributed by atoms with van der Waals surface area (Å²) < 4.78 is 9.48. The van der Waals surface area contributed by atoms with Gasteiger partial charge in [0, 0.05) is 28.6 Å². The van der Waals surface area contributed by atoms with Gasteiger partial charge in [-0.1, -0.05) is 29.3 Å². The molecule has 4 nitrogen and oxygen atoms in total. The minimum atomic E-state index is -0.321. The molecule has 0 atom stereocenters. The smallest absolute Gasteiger partial charge is 0.338 e. The predicted octanol–water partition coefficient (Wildman–Crippen LogP) is 4.79. The predicted molar refractivity (Wildman–Crippen MR) is 104 cm³/mol. The standard InChI is InChI=1S/C20H21Cl2N2O2/c1-4-23-13(3)24(12-15-16(21)7-6-8-17(15)22)19-11-14(9-10-18(19)23)20(25)26-5-2/h6-11H,4-5,12H2,1-3H3/q+1. The number of carbonyl (C=O) groups is 1. The second-order valence-corrected chi connectivity index (χ2v) is 6.82. The van der Waals surface area contributed by atoms with Crippen LogP contribution in [0.1, 0.15) is 35.6 Å². The molecule has 0 saturated heterocycles. The lowest BCUT2D eigenvalue weighted by molar-refractivity contribution is -0.674. The maximum atomic E-state index is 12.1. The van der Waals surface area contributed by atoms with Crippen molar-refractivity contribution in [1.82, 2.24) is 4.57 Å². The van der Waals surface area contributed by atoms with E-state index >= 15 is 0 Å². The maximum absolute atomic E-state index is 12.1. The van der Waals surface area contributed by atoms with Gasteiger partial charge in [0.25, 0.3) is 5.82 Å². The normalized spacial score (nSPS) is 11.1. The average molecular weight is 392 g/mol. The van der Waals surface area contributed by atoms with Crippen molar-refractivity contribution in [3.8, 4) is 0 Å². The van der Waals surface area contributed by atoms with Crippen LogP contribution in [0.15, 0.2) is 36.4 Å². The summed E-state index contributed by atoms with van der Waals surface area (Å²) in [6, 6.07) is 11.1. The van der Waals surface area contributed by atoms with E-state index in [1.807, 2.05) is 30.3 Å². The van der Waals surface area contributed by atoms with Gasteiger partial charge < -0.3 is 4.74 Å². The molecule has 1 aromatic heterocycles. The number of imidazole rings is 1. The number of halogens is 2. The minimum Gasteiger partial charge on any atom is -0.462 e. The van der Waals surface area contributed by atoms with Gasteiger partial charge in [0.1, 0.15) is 6.54 Å². The summed E-state index contributed by atoms with van der Waals surface area (Å²) in [4.78, 5) is 12.1. The lowest BCUT2D eigenvalue weighted by atomic mass is 10.2. The van der Waals surface area contributed by atoms with Gasteiger partial charge in [-0.25, -0.2) is 13.9 Å². The van der Waals surface area contributed by atoms with Gasteiger partial charge in [0.2, 0.25) is 0 Å². The number of carbonyl (C=O) groups excluding carboxylic acids is 1. The summed E-state index contributed by atoms with van der Waals surface area (Å²) in [6.45, 7) is 7.65. The number of nitrogens with zero attached hydrogens (tertiary/aromatic N) is 2. The van der Waals surface area contributed by atoms with Crippen molar-refractivity contribution < 1.29 is 14.1 Å². The van der Waals surface area contributed by atoms with E-state index in [1.54, 1.807) is 13.0 Å². The van der Waals surface area contributed by atoms with Crippen LogP contribution in [0, 0.1) is 6.92 Å². The monoisotopic (exact) mass is 391 g/mol. The molecule has 0 aliphatic heterocycles. The van der Waals surface area contributed by atoms with Gasteiger partial charge >= 0.3 is 5.97 Å². The third kappa shape index (κ3) is 3.31. The third-order valence-electron chi connectivity index (χ3n) is 4.54. The highest BCUT2D eigenvalue weighted by atomic mass is 35.5. The van der Waals surface area contributed by atoms with E-state index in [2.05, 4.69) is 23.0 Å². The van der Waals surface area contributed by atoms with Crippen LogP contribution < -0.4 is 4.57 Å². The summed E-state index contributed by atoms with van der Waals surface area (Å²) in [7, 11) is 0. The molecule has 0 bridgehead atoms. The van der Waals surface area contributed by atoms with Gasteiger partial charge in [-0.15, -0.1) is 0 Å². The van der Waals surface area contributed by atoms with Gasteiger partial charge in [0.15, 0.2) is 11.0 Å². The summed E-state index contributed by atoms with van der Waals surface area (Å²) in [5.74, 6) is 0.748. The molecule has 0 unspecified atom stereocenters. The Hall–Kier alpha value is -2.04. The molecular weight excluding hydrogens is 371 g/mol. The van der Waals surface area contributed by atoms with Crippen molar-refractivity contribution in [3.63, 3.8) is 0 Å². The first-order valence-electron chi connectivity index (χ1n) is 8.60. The first-order chi connectivity index (χ1) is 12.5. The van der Waals surface area contributed by atoms with E-state index in [4.69, 9.17) is 27.9 Å². The van der Waals surface area contributed by atoms with Crippen molar-refractivity contribution in [3.05, 3.63) is 63.4 Å². The Bertz CT molecular complexity index is 959. The maximum Gasteiger partial charge on any atom is 0.338 e. The van der Waals surface area contributed by atoms with Crippen LogP contribution in [-0.2, 0) is 17.8 Å². The Balaban J connectivity index is 2.18. The van der Waals surface area contributed by atoms with Gasteiger partial charge in [0.05, 0.1) is 18.7 Å². The SMILES string of the molecule is CCOC(=O)c1ccc2c(c1)n(Cc1c(Cl)cccc1Cl)c(C)[n+]2CC. The lowest BCUT2D eigenvalue weighted by Crippen LogP contribution is -2.35. The number of ether oxygens (including phenoxy) is 1. The van der Waals surface area contributed by atoms with Crippen molar-refractivity contribution in [1.29, 1.82) is 0 Å². The third-order valence-corrected chi connectivity index (χ3v) is 5.25. The first kappa shape index (κ1) is 18.7. The second kappa shape index (κ2) is 7.68. The topological polar surface area (TPSA) is 35.1 Å². The van der Waals surface area contributed by atoms with E-state index in [0.29, 0.717) is 28.8 Å². The van der Waals surface area contributed by atoms with Crippen LogP contribution in [0.5, 0.6) is 0 Å². The zero-order valence-electron chi connectivity index (χ0n) is 15.1. The molecule has 136 valence electrons. The Morgan fingerprint density at radius 2 is 1.85 bits per heavy atom. The van der Waals surface area contributed by atoms with Crippen LogP contribution in [0.3, 0.4) is 0 Å². The number of hydrogen-bond acceptors (Lipinski definition) is 2. The fourth-order valence-corrected chi connectivity index (χ4v) is 3.76. The number of aryl methyl sites for hydroxylation is 1. The van der Waals surface area contributed by atoms with Gasteiger partial charge in [-0.05, 0) is 38.1 Å². The van der Waals surface area contributed by atoms with Crippen LogP contribution in [-0.4, -0.2) is 17.1 Å². The molecular formula is C20H21Cl2N2O2+. The Kier molecular flexibility index (Phi) is 5.54. The van der Waals surface area contributed by atoms with Gasteiger partial charge in [-0.3, -0.25) is 0 Å². The fourth-order valence-electron chi connectivity index (χ4n) is 3.24. The zero-order chi connectivity index (χ0) is 18.8. The van der Waals surface area contributed by atoms with Crippen molar-refractivity contribution >= 4 is 40.2 Å². The summed E-state index contributed by atoms with van der Waals surface area (Å²) >= 11 is 12.7. The molecule has 0 saturated carbocycles. The number of fused-ring (bicyclic) bond motifs is 1. The van der Waals surface area contributed by atoms with E-state index in [9.17, 15) is 4.79 Å². The Morgan fingerprint density at radius 3 is 2.46 bits per heavy atom. The summed E-state index contributed by atoms with van der Waals surface area (Å²) in [6.07, 6.45) is 0. The highest BCUT2D eigenvalue weighted by molar-refractivity contribution is 6.36. The van der Waals surface area contributed by atoms with Gasteiger partial charge in [-0.2, -0.15) is 0 Å². The van der Waals surface area contributed by atoms with Crippen LogP contribution in [0.4, 0.5) is 0 Å². The Morgan fingerprint density at radius 1 is 1.15 bits per heavy atom. The molecule has 0 fully saturated rings. The quantitative estimate of drug-likeness (QED) is 0.462. The first-order valence-corrected chi connectivity index (χ1v) is 9.36. The largest absolute Gasteiger partial charge is 0.462 e. The fraction of sp³-hybridized carbons (Fsp3) is 0.300. The van der Waals surface area contributed by atoms with E-state index in [-0.39, 0.29) is 5.97 Å². The zero-order valence-corrected chi connectivity index (χ0v) is 16.6. The minimum absolute atomic E-state index is 0.321. The number of aromatic nitrogens is 2. The second-order valence-electron chi connectivity index (χ2n) is 6.00. The van der Waals surface area contributed by atoms with Crippen LogP contribution in [0.2, 0.25) is 10.0 Å². The average Bonchev–Trinajstić information content (AvgIpc) is 2.88. The molecule has 1 heterocycles. The van der Waals surface area contributed by atoms with Crippen LogP contribution >= 0.6 is 23.2 Å². The molecule has 3 rings (SSSR count). The molecule has 0 aliphatic carbocycles. The summed E-state index contributed by atoms with van der Waals surface area (Å²) in [5.41, 5.74) is 3.40. The number of benzene rings is 2. The molecule has 0 N–H and O–H groups in total. The van der Waals surface area contributed by atoms with E-state index < -0.39 is 0 Å². The molecule has 0 radical (unpaired) electrons. The summed E-state index contributed by atoms with van der Waals surface area (Å²) in [5, 5.41) is 1.26. The van der Waals surface area contributed by atoms with Crippen molar-refractivity contribution in [2.24, 2.45) is 0 Å². The molecule has 0 spiro atoms. The lowest BCUT2D eigenvalue weighted by Gasteiger charge is -2.06. The van der Waals surface area contributed by atoms with E-state index in [1.165, 1.54) is 0 Å². The number of esters is 1. The highest BCUT2D eigenvalue weighted by Crippen LogP contribution is 2.27. The van der Waals surface area contributed by atoms with Crippen LogP contribution in [0.25, 0.3) is 11.0 Å². The van der Waals surface area contributed by atoms with Crippen molar-refractivity contribution in [2.75, 3.05) is 6.61 Å². The molecule has 6 heteroatoms. The molecule has 3 aromatic rings. The molecule has 26 heavy (non-hydrogen) atoms. The molecule has 2 aromatic carbocycles. The highest BCUT2D eigenvalue weighted by Gasteiger charge is 2.24. The van der Waals surface area contributed by atoms with Crippen molar-refractivity contribution in [2.45, 2.75) is 33.9 Å². The molecule has 0 aliphatic rings.